The van der Waals surface area contributed by atoms with Gasteiger partial charge in [-0.1, -0.05) is 41.4 Å². The number of thiocarbonyl (C=S) groups is 1. The number of anilines is 2. The molecule has 4 nitrogen and oxygen atoms in total. The molecule has 0 atom stereocenters. The van der Waals surface area contributed by atoms with E-state index in [9.17, 15) is 0 Å². The Bertz CT molecular complexity index is 890. The molecule has 7 heteroatoms. The van der Waals surface area contributed by atoms with Gasteiger partial charge in [0, 0.05) is 28.0 Å². The Hall–Kier alpha value is -2.08. The summed E-state index contributed by atoms with van der Waals surface area (Å²) in [7, 11) is 0. The van der Waals surface area contributed by atoms with Crippen LogP contribution in [0.2, 0.25) is 10.0 Å². The van der Waals surface area contributed by atoms with Crippen molar-refractivity contribution in [3.05, 3.63) is 75.9 Å². The van der Waals surface area contributed by atoms with Gasteiger partial charge in [-0.25, -0.2) is 0 Å². The third-order valence-corrected chi connectivity index (χ3v) is 4.43. The van der Waals surface area contributed by atoms with E-state index in [0.29, 0.717) is 22.5 Å². The molecule has 0 aliphatic heterocycles. The maximum atomic E-state index is 6.12. The first kappa shape index (κ1) is 17.7. The van der Waals surface area contributed by atoms with Gasteiger partial charge in [0.25, 0.3) is 0 Å². The normalized spacial score (nSPS) is 10.5. The predicted octanol–water partition coefficient (Wildman–Crippen LogP) is 5.36. The summed E-state index contributed by atoms with van der Waals surface area (Å²) in [4.78, 5) is 0. The van der Waals surface area contributed by atoms with E-state index in [-0.39, 0.29) is 0 Å². The van der Waals surface area contributed by atoms with E-state index in [1.54, 1.807) is 0 Å². The van der Waals surface area contributed by atoms with Crippen LogP contribution in [0.1, 0.15) is 11.1 Å². The molecule has 0 radical (unpaired) electrons. The molecule has 1 heterocycles. The third-order valence-electron chi connectivity index (χ3n) is 3.57. The highest BCUT2D eigenvalue weighted by atomic mass is 35.5. The topological polar surface area (TPSA) is 41.9 Å². The molecule has 0 bridgehead atoms. The van der Waals surface area contributed by atoms with E-state index in [2.05, 4.69) is 15.7 Å². The Morgan fingerprint density at radius 2 is 1.84 bits per heavy atom. The second-order valence-electron chi connectivity index (χ2n) is 5.57. The summed E-state index contributed by atoms with van der Waals surface area (Å²) < 4.78 is 1.83. The van der Waals surface area contributed by atoms with E-state index < -0.39 is 0 Å². The molecule has 2 N–H and O–H groups in total. The molecule has 0 aliphatic rings. The third kappa shape index (κ3) is 4.95. The van der Waals surface area contributed by atoms with Crippen LogP contribution in [0.4, 0.5) is 11.5 Å². The average Bonchev–Trinajstić information content (AvgIpc) is 3.00. The van der Waals surface area contributed by atoms with Crippen molar-refractivity contribution in [3.63, 3.8) is 0 Å². The molecule has 0 unspecified atom stereocenters. The van der Waals surface area contributed by atoms with Gasteiger partial charge < -0.3 is 10.6 Å². The summed E-state index contributed by atoms with van der Waals surface area (Å²) in [6.07, 6.45) is 1.89. The van der Waals surface area contributed by atoms with Gasteiger partial charge in [-0.2, -0.15) is 5.10 Å². The summed E-state index contributed by atoms with van der Waals surface area (Å²) >= 11 is 17.3. The van der Waals surface area contributed by atoms with Crippen LogP contribution in [-0.4, -0.2) is 14.9 Å². The predicted molar refractivity (Wildman–Crippen MR) is 109 cm³/mol. The SMILES string of the molecule is Cc1ccc(NC(=S)Nc2ccn(Cc3ccc(Cl)cc3)n2)cc1Cl. The number of nitrogens with one attached hydrogen (secondary N) is 2. The molecule has 3 rings (SSSR count). The molecular weight excluding hydrogens is 375 g/mol. The molecule has 0 fully saturated rings. The van der Waals surface area contributed by atoms with E-state index in [0.717, 1.165) is 21.8 Å². The van der Waals surface area contributed by atoms with Crippen LogP contribution in [0, 0.1) is 6.92 Å². The molecule has 1 aromatic heterocycles. The largest absolute Gasteiger partial charge is 0.332 e. The lowest BCUT2D eigenvalue weighted by molar-refractivity contribution is 0.690. The lowest BCUT2D eigenvalue weighted by Crippen LogP contribution is -2.19. The van der Waals surface area contributed by atoms with Crippen LogP contribution in [0.15, 0.2) is 54.7 Å². The van der Waals surface area contributed by atoms with Crippen molar-refractivity contribution >= 4 is 52.0 Å². The van der Waals surface area contributed by atoms with Gasteiger partial charge >= 0.3 is 0 Å². The second kappa shape index (κ2) is 7.87. The molecule has 128 valence electrons. The standard InChI is InChI=1S/C18H16Cl2N4S/c1-12-2-7-15(10-16(12)20)21-18(25)22-17-8-9-24(23-17)11-13-3-5-14(19)6-4-13/h2-10H,11H2,1H3,(H2,21,22,23,25). The Morgan fingerprint density at radius 1 is 1.08 bits per heavy atom. The number of hydrogen-bond donors (Lipinski definition) is 2. The summed E-state index contributed by atoms with van der Waals surface area (Å²) in [6.45, 7) is 2.61. The summed E-state index contributed by atoms with van der Waals surface area (Å²) in [5.74, 6) is 0.671. The van der Waals surface area contributed by atoms with Crippen LogP contribution in [0.5, 0.6) is 0 Å². The fourth-order valence-corrected chi connectivity index (χ4v) is 2.77. The van der Waals surface area contributed by atoms with E-state index in [4.69, 9.17) is 35.4 Å². The number of aromatic nitrogens is 2. The van der Waals surface area contributed by atoms with Crippen molar-refractivity contribution in [2.75, 3.05) is 10.6 Å². The Kier molecular flexibility index (Phi) is 5.58. The van der Waals surface area contributed by atoms with Crippen LogP contribution >= 0.6 is 35.4 Å². The molecule has 0 aliphatic carbocycles. The molecular formula is C18H16Cl2N4S. The molecule has 3 aromatic rings. The fourth-order valence-electron chi connectivity index (χ4n) is 2.24. The molecule has 0 saturated heterocycles. The Balaban J connectivity index is 1.59. The minimum absolute atomic E-state index is 0.455. The zero-order valence-electron chi connectivity index (χ0n) is 13.5. The van der Waals surface area contributed by atoms with Gasteiger partial charge in [-0.05, 0) is 54.5 Å². The van der Waals surface area contributed by atoms with Crippen LogP contribution in [-0.2, 0) is 6.54 Å². The van der Waals surface area contributed by atoms with Gasteiger partial charge in [0.05, 0.1) is 6.54 Å². The van der Waals surface area contributed by atoms with Crippen molar-refractivity contribution < 1.29 is 0 Å². The van der Waals surface area contributed by atoms with Gasteiger partial charge in [0.15, 0.2) is 10.9 Å². The van der Waals surface area contributed by atoms with Crippen LogP contribution in [0.3, 0.4) is 0 Å². The maximum absolute atomic E-state index is 6.12. The fraction of sp³-hybridized carbons (Fsp3) is 0.111. The van der Waals surface area contributed by atoms with Crippen molar-refractivity contribution in [3.8, 4) is 0 Å². The highest BCUT2D eigenvalue weighted by molar-refractivity contribution is 7.80. The number of rotatable bonds is 4. The molecule has 25 heavy (non-hydrogen) atoms. The highest BCUT2D eigenvalue weighted by Gasteiger charge is 2.04. The monoisotopic (exact) mass is 390 g/mol. The van der Waals surface area contributed by atoms with Crippen molar-refractivity contribution in [2.45, 2.75) is 13.5 Å². The minimum Gasteiger partial charge on any atom is -0.332 e. The number of aryl methyl sites for hydroxylation is 1. The average molecular weight is 391 g/mol. The summed E-state index contributed by atoms with van der Waals surface area (Å²) in [6, 6.07) is 15.3. The number of halogens is 2. The van der Waals surface area contributed by atoms with E-state index in [1.165, 1.54) is 0 Å². The maximum Gasteiger partial charge on any atom is 0.176 e. The number of benzene rings is 2. The first-order chi connectivity index (χ1) is 12.0. The second-order valence-corrected chi connectivity index (χ2v) is 6.82. The molecule has 0 amide bonds. The van der Waals surface area contributed by atoms with Crippen LogP contribution in [0.25, 0.3) is 0 Å². The van der Waals surface area contributed by atoms with E-state index in [1.807, 2.05) is 66.3 Å². The Morgan fingerprint density at radius 3 is 2.56 bits per heavy atom. The Labute approximate surface area is 161 Å². The van der Waals surface area contributed by atoms with E-state index >= 15 is 0 Å². The first-order valence-electron chi connectivity index (χ1n) is 7.62. The van der Waals surface area contributed by atoms with Crippen molar-refractivity contribution in [2.24, 2.45) is 0 Å². The molecule has 0 saturated carbocycles. The van der Waals surface area contributed by atoms with Gasteiger partial charge in [0.2, 0.25) is 0 Å². The van der Waals surface area contributed by atoms with Gasteiger partial charge in [-0.15, -0.1) is 0 Å². The molecule has 2 aromatic carbocycles. The zero-order chi connectivity index (χ0) is 17.8. The lowest BCUT2D eigenvalue weighted by Gasteiger charge is -2.09. The minimum atomic E-state index is 0.455. The van der Waals surface area contributed by atoms with Gasteiger partial charge in [-0.3, -0.25) is 4.68 Å². The number of nitrogens with zero attached hydrogens (tertiary/aromatic N) is 2. The summed E-state index contributed by atoms with van der Waals surface area (Å²) in [5, 5.41) is 12.5. The zero-order valence-corrected chi connectivity index (χ0v) is 15.8. The molecule has 0 spiro atoms. The quantitative estimate of drug-likeness (QED) is 0.588. The summed E-state index contributed by atoms with van der Waals surface area (Å²) in [5.41, 5.74) is 2.97. The van der Waals surface area contributed by atoms with Crippen molar-refractivity contribution in [1.29, 1.82) is 0 Å². The lowest BCUT2D eigenvalue weighted by atomic mass is 10.2. The van der Waals surface area contributed by atoms with Crippen molar-refractivity contribution in [1.82, 2.24) is 9.78 Å². The van der Waals surface area contributed by atoms with Gasteiger partial charge in [0.1, 0.15) is 0 Å². The first-order valence-corrected chi connectivity index (χ1v) is 8.78. The van der Waals surface area contributed by atoms with Crippen LogP contribution < -0.4 is 10.6 Å². The smallest absolute Gasteiger partial charge is 0.176 e. The highest BCUT2D eigenvalue weighted by Crippen LogP contribution is 2.20. The number of hydrogen-bond acceptors (Lipinski definition) is 2.